The number of nitrogens with one attached hydrogen (secondary N) is 2. The number of rotatable bonds is 5. The van der Waals surface area contributed by atoms with E-state index in [9.17, 15) is 0 Å². The van der Waals surface area contributed by atoms with E-state index in [1.807, 2.05) is 43.3 Å². The number of halogens is 1. The standard InChI is InChI=1S/C16H15ClN4O/c1-2-22-15-8-7-11(9-12(15)17)10-18-21-16-19-13-5-3-4-6-14(13)20-16/h3-10H,2H2,1H3,(H2,19,20,21)/b18-10-. The molecule has 0 aliphatic heterocycles. The summed E-state index contributed by atoms with van der Waals surface area (Å²) in [6.07, 6.45) is 1.68. The van der Waals surface area contributed by atoms with Crippen molar-refractivity contribution in [1.82, 2.24) is 9.97 Å². The third kappa shape index (κ3) is 3.20. The lowest BCUT2D eigenvalue weighted by atomic mass is 10.2. The first-order chi connectivity index (χ1) is 10.8. The first-order valence-electron chi connectivity index (χ1n) is 6.92. The molecule has 0 saturated carbocycles. The molecule has 0 unspecified atom stereocenters. The molecule has 2 N–H and O–H groups in total. The number of hydrogen-bond donors (Lipinski definition) is 2. The smallest absolute Gasteiger partial charge is 0.222 e. The van der Waals surface area contributed by atoms with Crippen LogP contribution in [-0.2, 0) is 0 Å². The Labute approximate surface area is 133 Å². The van der Waals surface area contributed by atoms with Gasteiger partial charge in [0, 0.05) is 0 Å². The second-order valence-electron chi connectivity index (χ2n) is 4.60. The molecule has 5 nitrogen and oxygen atoms in total. The number of ether oxygens (including phenoxy) is 1. The molecule has 0 spiro atoms. The van der Waals surface area contributed by atoms with Gasteiger partial charge in [0.25, 0.3) is 0 Å². The fraction of sp³-hybridized carbons (Fsp3) is 0.125. The van der Waals surface area contributed by atoms with Crippen LogP contribution in [0, 0.1) is 0 Å². The monoisotopic (exact) mass is 314 g/mol. The van der Waals surface area contributed by atoms with Crippen LogP contribution < -0.4 is 10.2 Å². The van der Waals surface area contributed by atoms with Crippen molar-refractivity contribution in [2.45, 2.75) is 6.92 Å². The van der Waals surface area contributed by atoms with E-state index in [0.717, 1.165) is 16.6 Å². The summed E-state index contributed by atoms with van der Waals surface area (Å²) >= 11 is 6.13. The van der Waals surface area contributed by atoms with Crippen LogP contribution in [0.5, 0.6) is 5.75 Å². The Morgan fingerprint density at radius 3 is 2.95 bits per heavy atom. The predicted octanol–water partition coefficient (Wildman–Crippen LogP) is 4.06. The van der Waals surface area contributed by atoms with E-state index < -0.39 is 0 Å². The molecule has 0 amide bonds. The summed E-state index contributed by atoms with van der Waals surface area (Å²) in [6.45, 7) is 2.50. The molecule has 0 atom stereocenters. The summed E-state index contributed by atoms with van der Waals surface area (Å²) in [7, 11) is 0. The fourth-order valence-electron chi connectivity index (χ4n) is 2.04. The molecule has 0 aliphatic carbocycles. The molecule has 3 aromatic rings. The third-order valence-corrected chi connectivity index (χ3v) is 3.32. The van der Waals surface area contributed by atoms with Gasteiger partial charge in [-0.2, -0.15) is 5.10 Å². The zero-order valence-electron chi connectivity index (χ0n) is 12.0. The minimum Gasteiger partial charge on any atom is -0.492 e. The van der Waals surface area contributed by atoms with E-state index in [4.69, 9.17) is 16.3 Å². The Hall–Kier alpha value is -2.53. The van der Waals surface area contributed by atoms with E-state index in [2.05, 4.69) is 20.5 Å². The summed E-state index contributed by atoms with van der Waals surface area (Å²) < 4.78 is 5.39. The highest BCUT2D eigenvalue weighted by molar-refractivity contribution is 6.32. The van der Waals surface area contributed by atoms with Crippen LogP contribution in [0.25, 0.3) is 11.0 Å². The summed E-state index contributed by atoms with van der Waals surface area (Å²) in [4.78, 5) is 7.51. The Balaban J connectivity index is 1.70. The zero-order chi connectivity index (χ0) is 15.4. The number of benzene rings is 2. The molecule has 1 aromatic heterocycles. The molecule has 6 heteroatoms. The molecule has 0 aliphatic rings. The van der Waals surface area contributed by atoms with Gasteiger partial charge >= 0.3 is 0 Å². The summed E-state index contributed by atoms with van der Waals surface area (Å²) in [6, 6.07) is 13.3. The number of para-hydroxylation sites is 2. The highest BCUT2D eigenvalue weighted by Crippen LogP contribution is 2.24. The Kier molecular flexibility index (Phi) is 4.25. The minimum atomic E-state index is 0.564. The van der Waals surface area contributed by atoms with Crippen molar-refractivity contribution in [3.63, 3.8) is 0 Å². The number of imidazole rings is 1. The first-order valence-corrected chi connectivity index (χ1v) is 7.30. The van der Waals surface area contributed by atoms with E-state index >= 15 is 0 Å². The van der Waals surface area contributed by atoms with Gasteiger partial charge in [-0.1, -0.05) is 23.7 Å². The van der Waals surface area contributed by atoms with E-state index in [0.29, 0.717) is 23.3 Å². The van der Waals surface area contributed by atoms with Crippen LogP contribution in [-0.4, -0.2) is 22.8 Å². The van der Waals surface area contributed by atoms with Crippen LogP contribution in [0.1, 0.15) is 12.5 Å². The maximum absolute atomic E-state index is 6.13. The molecule has 0 fully saturated rings. The first kappa shape index (κ1) is 14.4. The van der Waals surface area contributed by atoms with Crippen molar-refractivity contribution in [3.05, 3.63) is 53.1 Å². The summed E-state index contributed by atoms with van der Waals surface area (Å²) in [5.41, 5.74) is 5.60. The summed E-state index contributed by atoms with van der Waals surface area (Å²) in [5, 5.41) is 4.72. The molecular formula is C16H15ClN4O. The fourth-order valence-corrected chi connectivity index (χ4v) is 2.29. The van der Waals surface area contributed by atoms with Gasteiger partial charge in [0.2, 0.25) is 5.95 Å². The second-order valence-corrected chi connectivity index (χ2v) is 5.00. The average molecular weight is 315 g/mol. The van der Waals surface area contributed by atoms with E-state index in [1.54, 1.807) is 12.3 Å². The Morgan fingerprint density at radius 2 is 2.18 bits per heavy atom. The Morgan fingerprint density at radius 1 is 1.32 bits per heavy atom. The zero-order valence-corrected chi connectivity index (χ0v) is 12.8. The molecule has 1 heterocycles. The van der Waals surface area contributed by atoms with Gasteiger partial charge < -0.3 is 9.72 Å². The molecule has 0 saturated heterocycles. The molecule has 0 radical (unpaired) electrons. The van der Waals surface area contributed by atoms with Gasteiger partial charge in [-0.05, 0) is 42.8 Å². The number of aromatic amines is 1. The van der Waals surface area contributed by atoms with Crippen LogP contribution >= 0.6 is 11.6 Å². The second kappa shape index (κ2) is 6.49. The van der Waals surface area contributed by atoms with Crippen molar-refractivity contribution in [2.24, 2.45) is 5.10 Å². The minimum absolute atomic E-state index is 0.564. The van der Waals surface area contributed by atoms with Gasteiger partial charge in [0.1, 0.15) is 5.75 Å². The molecule has 0 bridgehead atoms. The van der Waals surface area contributed by atoms with E-state index in [1.165, 1.54) is 0 Å². The van der Waals surface area contributed by atoms with Gasteiger partial charge in [0.05, 0.1) is 28.9 Å². The van der Waals surface area contributed by atoms with Crippen LogP contribution in [0.15, 0.2) is 47.6 Å². The van der Waals surface area contributed by atoms with Crippen LogP contribution in [0.2, 0.25) is 5.02 Å². The lowest BCUT2D eigenvalue weighted by Crippen LogP contribution is -1.94. The van der Waals surface area contributed by atoms with Gasteiger partial charge in [-0.25, -0.2) is 10.4 Å². The number of H-pyrrole nitrogens is 1. The molecular weight excluding hydrogens is 300 g/mol. The van der Waals surface area contributed by atoms with Crippen molar-refractivity contribution < 1.29 is 4.74 Å². The largest absolute Gasteiger partial charge is 0.492 e. The topological polar surface area (TPSA) is 62.3 Å². The maximum Gasteiger partial charge on any atom is 0.222 e. The molecule has 2 aromatic carbocycles. The molecule has 22 heavy (non-hydrogen) atoms. The lowest BCUT2D eigenvalue weighted by Gasteiger charge is -2.05. The van der Waals surface area contributed by atoms with Crippen LogP contribution in [0.3, 0.4) is 0 Å². The Bertz CT molecular complexity index is 780. The quantitative estimate of drug-likeness (QED) is 0.551. The SMILES string of the molecule is CCOc1ccc(/C=N\Nc2nc3ccccc3[nH]2)cc1Cl. The average Bonchev–Trinajstić information content (AvgIpc) is 2.93. The number of nitrogens with zero attached hydrogens (tertiary/aromatic N) is 2. The highest BCUT2D eigenvalue weighted by atomic mass is 35.5. The van der Waals surface area contributed by atoms with Crippen LogP contribution in [0.4, 0.5) is 5.95 Å². The van der Waals surface area contributed by atoms with Crippen molar-refractivity contribution >= 4 is 34.8 Å². The van der Waals surface area contributed by atoms with Crippen molar-refractivity contribution in [1.29, 1.82) is 0 Å². The molecule has 3 rings (SSSR count). The van der Waals surface area contributed by atoms with Gasteiger partial charge in [0.15, 0.2) is 0 Å². The van der Waals surface area contributed by atoms with Crippen molar-refractivity contribution in [2.75, 3.05) is 12.0 Å². The lowest BCUT2D eigenvalue weighted by molar-refractivity contribution is 0.340. The van der Waals surface area contributed by atoms with Gasteiger partial charge in [-0.15, -0.1) is 0 Å². The number of fused-ring (bicyclic) bond motifs is 1. The van der Waals surface area contributed by atoms with Crippen molar-refractivity contribution in [3.8, 4) is 5.75 Å². The number of anilines is 1. The summed E-state index contributed by atoms with van der Waals surface area (Å²) in [5.74, 6) is 1.26. The third-order valence-electron chi connectivity index (χ3n) is 3.03. The van der Waals surface area contributed by atoms with Gasteiger partial charge in [-0.3, -0.25) is 0 Å². The molecule has 112 valence electrons. The maximum atomic E-state index is 6.13. The predicted molar refractivity (Wildman–Crippen MR) is 89.9 cm³/mol. The van der Waals surface area contributed by atoms with E-state index in [-0.39, 0.29) is 0 Å². The normalized spacial score (nSPS) is 11.2. The number of aromatic nitrogens is 2. The number of hydrogen-bond acceptors (Lipinski definition) is 4. The number of hydrazone groups is 1. The highest BCUT2D eigenvalue weighted by Gasteiger charge is 2.02.